The van der Waals surface area contributed by atoms with Gasteiger partial charge in [-0.05, 0) is 59.6 Å². The fraction of sp³-hybridized carbons (Fsp3) is 0.250. The summed E-state index contributed by atoms with van der Waals surface area (Å²) in [7, 11) is 1.40. The molecule has 3 heteroatoms. The number of esters is 1. The smallest absolute Gasteiger partial charge is 0.337 e. The van der Waals surface area contributed by atoms with Crippen molar-refractivity contribution >= 4 is 12.0 Å². The summed E-state index contributed by atoms with van der Waals surface area (Å²) in [6, 6.07) is 26.5. The zero-order valence-corrected chi connectivity index (χ0v) is 17.9. The van der Waals surface area contributed by atoms with Gasteiger partial charge in [-0.2, -0.15) is 0 Å². The predicted molar refractivity (Wildman–Crippen MR) is 125 cm³/mol. The van der Waals surface area contributed by atoms with Crippen LogP contribution in [0.4, 0.5) is 0 Å². The van der Waals surface area contributed by atoms with Crippen molar-refractivity contribution in [2.75, 3.05) is 7.11 Å². The number of ether oxygens (including phenoxy) is 2. The molecule has 3 aromatic carbocycles. The Kier molecular flexibility index (Phi) is 6.96. The van der Waals surface area contributed by atoms with E-state index < -0.39 is 0 Å². The van der Waals surface area contributed by atoms with Gasteiger partial charge >= 0.3 is 5.97 Å². The number of benzene rings is 3. The van der Waals surface area contributed by atoms with E-state index in [-0.39, 0.29) is 5.97 Å². The summed E-state index contributed by atoms with van der Waals surface area (Å²) in [6.45, 7) is 0.640. The number of carbonyl (C=O) groups is 1. The van der Waals surface area contributed by atoms with Gasteiger partial charge in [-0.25, -0.2) is 4.79 Å². The third-order valence-electron chi connectivity index (χ3n) is 5.89. The van der Waals surface area contributed by atoms with E-state index in [0.29, 0.717) is 24.2 Å². The molecule has 0 heterocycles. The molecule has 0 radical (unpaired) electrons. The van der Waals surface area contributed by atoms with Gasteiger partial charge in [0.2, 0.25) is 0 Å². The minimum absolute atomic E-state index is 0.292. The molecule has 2 atom stereocenters. The monoisotopic (exact) mass is 412 g/mol. The molecular weight excluding hydrogens is 384 g/mol. The highest BCUT2D eigenvalue weighted by Crippen LogP contribution is 2.31. The van der Waals surface area contributed by atoms with Gasteiger partial charge in [0.05, 0.1) is 25.4 Å². The van der Waals surface area contributed by atoms with Crippen molar-refractivity contribution in [2.24, 2.45) is 5.92 Å². The molecule has 0 aliphatic heterocycles. The van der Waals surface area contributed by atoms with Gasteiger partial charge in [0.15, 0.2) is 0 Å². The van der Waals surface area contributed by atoms with E-state index in [1.807, 2.05) is 18.2 Å². The minimum atomic E-state index is -0.305. The molecule has 3 nitrogen and oxygen atoms in total. The Hall–Kier alpha value is -3.17. The predicted octanol–water partition coefficient (Wildman–Crippen LogP) is 6.54. The van der Waals surface area contributed by atoms with Gasteiger partial charge in [-0.3, -0.25) is 0 Å². The van der Waals surface area contributed by atoms with E-state index in [0.717, 1.165) is 24.8 Å². The molecule has 0 N–H and O–H groups in total. The Balaban J connectivity index is 1.31. The fourth-order valence-electron chi connectivity index (χ4n) is 4.15. The van der Waals surface area contributed by atoms with Gasteiger partial charge in [-0.1, -0.05) is 78.9 Å². The Labute approximate surface area is 184 Å². The summed E-state index contributed by atoms with van der Waals surface area (Å²) in [4.78, 5) is 11.5. The maximum absolute atomic E-state index is 11.5. The first kappa shape index (κ1) is 21.1. The van der Waals surface area contributed by atoms with Crippen LogP contribution in [0.3, 0.4) is 0 Å². The van der Waals surface area contributed by atoms with Crippen molar-refractivity contribution in [2.45, 2.75) is 32.0 Å². The molecule has 4 rings (SSSR count). The second-order valence-corrected chi connectivity index (χ2v) is 8.00. The van der Waals surface area contributed by atoms with Gasteiger partial charge in [0.25, 0.3) is 0 Å². The first-order chi connectivity index (χ1) is 15.2. The zero-order chi connectivity index (χ0) is 21.5. The van der Waals surface area contributed by atoms with Crippen LogP contribution in [0.1, 0.15) is 40.7 Å². The minimum Gasteiger partial charge on any atom is -0.465 e. The molecule has 158 valence electrons. The maximum Gasteiger partial charge on any atom is 0.337 e. The number of hydrogen-bond acceptors (Lipinski definition) is 3. The lowest BCUT2D eigenvalue weighted by molar-refractivity contribution is 0.0443. The average Bonchev–Trinajstić information content (AvgIpc) is 3.30. The lowest BCUT2D eigenvalue weighted by atomic mass is 10.0. The summed E-state index contributed by atoms with van der Waals surface area (Å²) >= 11 is 0. The molecule has 1 fully saturated rings. The lowest BCUT2D eigenvalue weighted by Gasteiger charge is -2.14. The van der Waals surface area contributed by atoms with Crippen LogP contribution in [-0.2, 0) is 16.1 Å². The summed E-state index contributed by atoms with van der Waals surface area (Å²) in [5, 5.41) is 0. The summed E-state index contributed by atoms with van der Waals surface area (Å²) in [5.41, 5.74) is 5.37. The van der Waals surface area contributed by atoms with Crippen LogP contribution in [0.2, 0.25) is 0 Å². The number of carbonyl (C=O) groups excluding carboxylic acids is 1. The van der Waals surface area contributed by atoms with Crippen LogP contribution in [-0.4, -0.2) is 19.2 Å². The number of methoxy groups -OCH3 is 1. The number of hydrogen-bond donors (Lipinski definition) is 0. The lowest BCUT2D eigenvalue weighted by Crippen LogP contribution is -2.08. The quantitative estimate of drug-likeness (QED) is 0.413. The van der Waals surface area contributed by atoms with Crippen LogP contribution < -0.4 is 0 Å². The highest BCUT2D eigenvalue weighted by atomic mass is 16.5. The molecule has 31 heavy (non-hydrogen) atoms. The van der Waals surface area contributed by atoms with Gasteiger partial charge in [0, 0.05) is 0 Å². The van der Waals surface area contributed by atoms with E-state index in [2.05, 4.69) is 60.7 Å². The second kappa shape index (κ2) is 10.2. The maximum atomic E-state index is 11.5. The average molecular weight is 413 g/mol. The first-order valence-corrected chi connectivity index (χ1v) is 10.8. The second-order valence-electron chi connectivity index (χ2n) is 8.00. The molecule has 0 saturated heterocycles. The van der Waals surface area contributed by atoms with Crippen molar-refractivity contribution in [3.05, 3.63) is 102 Å². The van der Waals surface area contributed by atoms with Crippen molar-refractivity contribution in [1.82, 2.24) is 0 Å². The van der Waals surface area contributed by atoms with Crippen LogP contribution in [0, 0.1) is 5.92 Å². The van der Waals surface area contributed by atoms with E-state index in [1.54, 1.807) is 12.1 Å². The van der Waals surface area contributed by atoms with Crippen LogP contribution in [0.5, 0.6) is 0 Å². The first-order valence-electron chi connectivity index (χ1n) is 10.8. The van der Waals surface area contributed by atoms with Crippen molar-refractivity contribution in [3.63, 3.8) is 0 Å². The molecule has 1 aliphatic carbocycles. The Bertz CT molecular complexity index is 1020. The van der Waals surface area contributed by atoms with Gasteiger partial charge < -0.3 is 9.47 Å². The largest absolute Gasteiger partial charge is 0.465 e. The SMILES string of the molecule is COC(=O)c1ccc(C=C[C@H]2CCC(OCc3ccccc3-c3ccccc3)C2)cc1. The standard InChI is InChI=1S/C28H28O3/c1-30-28(29)24-16-13-21(14-17-24)11-12-22-15-18-26(19-22)31-20-25-9-5-6-10-27(25)23-7-3-2-4-8-23/h2-14,16-17,22,26H,15,18-20H2,1H3/t22-,26?/m0/s1. The molecule has 0 spiro atoms. The summed E-state index contributed by atoms with van der Waals surface area (Å²) in [6.07, 6.45) is 7.98. The molecular formula is C28H28O3. The zero-order valence-electron chi connectivity index (χ0n) is 17.9. The van der Waals surface area contributed by atoms with Gasteiger partial charge in [0.1, 0.15) is 0 Å². The Morgan fingerprint density at radius 2 is 1.68 bits per heavy atom. The molecule has 1 aliphatic rings. The fourth-order valence-corrected chi connectivity index (χ4v) is 4.15. The summed E-state index contributed by atoms with van der Waals surface area (Å²) < 4.78 is 11.0. The van der Waals surface area contributed by atoms with E-state index in [4.69, 9.17) is 9.47 Å². The van der Waals surface area contributed by atoms with E-state index >= 15 is 0 Å². The van der Waals surface area contributed by atoms with E-state index in [9.17, 15) is 4.79 Å². The van der Waals surface area contributed by atoms with Crippen molar-refractivity contribution < 1.29 is 14.3 Å². The van der Waals surface area contributed by atoms with Crippen LogP contribution in [0.25, 0.3) is 17.2 Å². The van der Waals surface area contributed by atoms with Gasteiger partial charge in [-0.15, -0.1) is 0 Å². The highest BCUT2D eigenvalue weighted by Gasteiger charge is 2.23. The van der Waals surface area contributed by atoms with E-state index in [1.165, 1.54) is 23.8 Å². The molecule has 1 unspecified atom stereocenters. The van der Waals surface area contributed by atoms with Crippen LogP contribution >= 0.6 is 0 Å². The molecule has 0 bridgehead atoms. The third kappa shape index (κ3) is 5.50. The molecule has 0 amide bonds. The Morgan fingerprint density at radius 3 is 2.45 bits per heavy atom. The molecule has 1 saturated carbocycles. The van der Waals surface area contributed by atoms with Crippen molar-refractivity contribution in [1.29, 1.82) is 0 Å². The summed E-state index contributed by atoms with van der Waals surface area (Å²) in [5.74, 6) is 0.217. The number of rotatable bonds is 7. The Morgan fingerprint density at radius 1 is 0.935 bits per heavy atom. The topological polar surface area (TPSA) is 35.5 Å². The molecule has 3 aromatic rings. The third-order valence-corrected chi connectivity index (χ3v) is 5.89. The number of allylic oxidation sites excluding steroid dienone is 1. The highest BCUT2D eigenvalue weighted by molar-refractivity contribution is 5.89. The molecule has 0 aromatic heterocycles. The normalized spacial score (nSPS) is 18.4. The van der Waals surface area contributed by atoms with Crippen LogP contribution in [0.15, 0.2) is 84.9 Å². The van der Waals surface area contributed by atoms with Crippen molar-refractivity contribution in [3.8, 4) is 11.1 Å².